The van der Waals surface area contributed by atoms with Crippen LogP contribution in [0.25, 0.3) is 0 Å². The summed E-state index contributed by atoms with van der Waals surface area (Å²) < 4.78 is 0. The maximum atomic E-state index is 12.1. The fraction of sp³-hybridized carbons (Fsp3) is 0.765. The first-order valence-electron chi connectivity index (χ1n) is 8.46. The second-order valence-electron chi connectivity index (χ2n) is 7.57. The van der Waals surface area contributed by atoms with E-state index in [1.807, 2.05) is 11.8 Å². The lowest BCUT2D eigenvalue weighted by atomic mass is 9.98. The van der Waals surface area contributed by atoms with E-state index in [0.717, 1.165) is 44.8 Å². The number of thiazole rings is 1. The number of amides is 1. The Bertz CT molecular complexity index is 513. The smallest absolute Gasteiger partial charge is 0.222 e. The maximum absolute atomic E-state index is 12.1. The third kappa shape index (κ3) is 5.55. The molecular formula is C17H30N4OS. The van der Waals surface area contributed by atoms with Crippen molar-refractivity contribution < 1.29 is 4.79 Å². The fourth-order valence-electron chi connectivity index (χ4n) is 2.62. The van der Waals surface area contributed by atoms with Crippen LogP contribution in [0, 0.1) is 0 Å². The Morgan fingerprint density at radius 1 is 1.35 bits per heavy atom. The minimum atomic E-state index is 0.0990. The highest BCUT2D eigenvalue weighted by molar-refractivity contribution is 7.09. The molecule has 1 aromatic rings. The molecule has 0 spiro atoms. The highest BCUT2D eigenvalue weighted by Crippen LogP contribution is 2.26. The Labute approximate surface area is 143 Å². The van der Waals surface area contributed by atoms with Gasteiger partial charge in [-0.05, 0) is 13.3 Å². The van der Waals surface area contributed by atoms with Gasteiger partial charge in [0.1, 0.15) is 0 Å². The lowest BCUT2D eigenvalue weighted by Gasteiger charge is -2.34. The molecule has 1 atom stereocenters. The molecule has 6 heteroatoms. The van der Waals surface area contributed by atoms with Gasteiger partial charge < -0.3 is 10.6 Å². The van der Waals surface area contributed by atoms with Crippen LogP contribution in [0.1, 0.15) is 51.2 Å². The lowest BCUT2D eigenvalue weighted by molar-refractivity contribution is -0.133. The molecule has 130 valence electrons. The summed E-state index contributed by atoms with van der Waals surface area (Å²) >= 11 is 1.75. The molecule has 2 N–H and O–H groups in total. The van der Waals surface area contributed by atoms with Gasteiger partial charge in [-0.25, -0.2) is 4.98 Å². The zero-order valence-electron chi connectivity index (χ0n) is 14.8. The van der Waals surface area contributed by atoms with Crippen molar-refractivity contribution in [3.8, 4) is 0 Å². The topological polar surface area (TPSA) is 62.5 Å². The van der Waals surface area contributed by atoms with Gasteiger partial charge in [-0.2, -0.15) is 0 Å². The largest absolute Gasteiger partial charge is 0.340 e. The van der Waals surface area contributed by atoms with Crippen LogP contribution >= 0.6 is 11.3 Å². The molecule has 1 aromatic heterocycles. The average molecular weight is 339 g/mol. The molecule has 2 heterocycles. The normalized spacial score (nSPS) is 18.2. The van der Waals surface area contributed by atoms with Crippen molar-refractivity contribution in [1.82, 2.24) is 14.8 Å². The summed E-state index contributed by atoms with van der Waals surface area (Å²) in [7, 11) is 0. The Hall–Kier alpha value is -0.980. The van der Waals surface area contributed by atoms with Crippen molar-refractivity contribution in [3.63, 3.8) is 0 Å². The van der Waals surface area contributed by atoms with Gasteiger partial charge in [0, 0.05) is 56.0 Å². The average Bonchev–Trinajstić information content (AvgIpc) is 2.94. The third-order valence-corrected chi connectivity index (χ3v) is 5.43. The van der Waals surface area contributed by atoms with Crippen molar-refractivity contribution >= 4 is 17.2 Å². The number of rotatable bonds is 5. The quantitative estimate of drug-likeness (QED) is 0.894. The Kier molecular flexibility index (Phi) is 6.17. The molecule has 1 aliphatic rings. The predicted octanol–water partition coefficient (Wildman–Crippen LogP) is 2.21. The number of aromatic nitrogens is 1. The van der Waals surface area contributed by atoms with Crippen LogP contribution in [0.4, 0.5) is 0 Å². The minimum Gasteiger partial charge on any atom is -0.340 e. The molecule has 1 unspecified atom stereocenters. The summed E-state index contributed by atoms with van der Waals surface area (Å²) in [6, 6.07) is 0.0990. The van der Waals surface area contributed by atoms with Crippen LogP contribution in [0.15, 0.2) is 5.38 Å². The monoisotopic (exact) mass is 338 g/mol. The molecule has 5 nitrogen and oxygen atoms in total. The summed E-state index contributed by atoms with van der Waals surface area (Å²) in [6.07, 6.45) is 1.34. The Morgan fingerprint density at radius 2 is 2.00 bits per heavy atom. The van der Waals surface area contributed by atoms with E-state index in [1.54, 1.807) is 11.3 Å². The molecule has 0 aromatic carbocycles. The van der Waals surface area contributed by atoms with Crippen molar-refractivity contribution in [1.29, 1.82) is 0 Å². The van der Waals surface area contributed by atoms with Gasteiger partial charge in [0.25, 0.3) is 0 Å². The number of carbonyl (C=O) groups excluding carboxylic acids is 1. The van der Waals surface area contributed by atoms with Gasteiger partial charge in [0.05, 0.1) is 10.7 Å². The van der Waals surface area contributed by atoms with Crippen LogP contribution in [0.2, 0.25) is 0 Å². The van der Waals surface area contributed by atoms with Crippen LogP contribution < -0.4 is 5.73 Å². The second kappa shape index (κ2) is 7.73. The van der Waals surface area contributed by atoms with Crippen LogP contribution in [-0.4, -0.2) is 52.9 Å². The summed E-state index contributed by atoms with van der Waals surface area (Å²) in [6.45, 7) is 12.9. The number of hydrogen-bond acceptors (Lipinski definition) is 5. The van der Waals surface area contributed by atoms with Crippen LogP contribution in [0.5, 0.6) is 0 Å². The molecule has 2 rings (SSSR count). The summed E-state index contributed by atoms with van der Waals surface area (Å²) in [5.74, 6) is 0.241. The standard InChI is InChI=1S/C17H30N4OS/c1-13(18)5-6-15(22)21-9-7-20(8-10-21)11-14-12-23-16(19-14)17(2,3)4/h12-13H,5-11,18H2,1-4H3. The number of nitrogens with zero attached hydrogens (tertiary/aromatic N) is 3. The number of hydrogen-bond donors (Lipinski definition) is 1. The van der Waals surface area contributed by atoms with Crippen LogP contribution in [0.3, 0.4) is 0 Å². The number of piperazine rings is 1. The fourth-order valence-corrected chi connectivity index (χ4v) is 3.52. The Balaban J connectivity index is 1.78. The molecule has 1 amide bonds. The first-order valence-corrected chi connectivity index (χ1v) is 9.34. The summed E-state index contributed by atoms with van der Waals surface area (Å²) in [5, 5.41) is 3.36. The van der Waals surface area contributed by atoms with Gasteiger partial charge >= 0.3 is 0 Å². The summed E-state index contributed by atoms with van der Waals surface area (Å²) in [5.41, 5.74) is 6.99. The predicted molar refractivity (Wildman–Crippen MR) is 95.6 cm³/mol. The van der Waals surface area contributed by atoms with Crippen molar-refractivity contribution in [2.75, 3.05) is 26.2 Å². The van der Waals surface area contributed by atoms with Crippen molar-refractivity contribution in [2.45, 2.75) is 58.5 Å². The molecular weight excluding hydrogens is 308 g/mol. The maximum Gasteiger partial charge on any atom is 0.222 e. The van der Waals surface area contributed by atoms with Gasteiger partial charge in [0.15, 0.2) is 0 Å². The van der Waals surface area contributed by atoms with E-state index in [-0.39, 0.29) is 17.4 Å². The van der Waals surface area contributed by atoms with Crippen molar-refractivity contribution in [3.05, 3.63) is 16.1 Å². The third-order valence-electron chi connectivity index (χ3n) is 4.12. The zero-order chi connectivity index (χ0) is 17.0. The van der Waals surface area contributed by atoms with E-state index in [0.29, 0.717) is 6.42 Å². The second-order valence-corrected chi connectivity index (χ2v) is 8.42. The van der Waals surface area contributed by atoms with E-state index in [4.69, 9.17) is 10.7 Å². The van der Waals surface area contributed by atoms with Gasteiger partial charge in [-0.3, -0.25) is 9.69 Å². The van der Waals surface area contributed by atoms with E-state index >= 15 is 0 Å². The SMILES string of the molecule is CC(N)CCC(=O)N1CCN(Cc2csc(C(C)(C)C)n2)CC1. The van der Waals surface area contributed by atoms with E-state index < -0.39 is 0 Å². The Morgan fingerprint density at radius 3 is 2.52 bits per heavy atom. The zero-order valence-corrected chi connectivity index (χ0v) is 15.7. The minimum absolute atomic E-state index is 0.0990. The number of nitrogens with two attached hydrogens (primary N) is 1. The van der Waals surface area contributed by atoms with Gasteiger partial charge in [-0.1, -0.05) is 20.8 Å². The molecule has 0 radical (unpaired) electrons. The van der Waals surface area contributed by atoms with Gasteiger partial charge in [-0.15, -0.1) is 11.3 Å². The molecule has 0 bridgehead atoms. The molecule has 1 aliphatic heterocycles. The lowest BCUT2D eigenvalue weighted by Crippen LogP contribution is -2.48. The highest BCUT2D eigenvalue weighted by Gasteiger charge is 2.23. The van der Waals surface area contributed by atoms with Gasteiger partial charge in [0.2, 0.25) is 5.91 Å². The van der Waals surface area contributed by atoms with E-state index in [1.165, 1.54) is 5.01 Å². The molecule has 0 saturated carbocycles. The molecule has 1 saturated heterocycles. The van der Waals surface area contributed by atoms with Crippen molar-refractivity contribution in [2.24, 2.45) is 5.73 Å². The molecule has 0 aliphatic carbocycles. The summed E-state index contributed by atoms with van der Waals surface area (Å²) in [4.78, 5) is 21.2. The molecule has 1 fully saturated rings. The molecule has 23 heavy (non-hydrogen) atoms. The first kappa shape index (κ1) is 18.4. The number of carbonyl (C=O) groups is 1. The highest BCUT2D eigenvalue weighted by atomic mass is 32.1. The van der Waals surface area contributed by atoms with E-state index in [9.17, 15) is 4.79 Å². The first-order chi connectivity index (χ1) is 10.8. The van der Waals surface area contributed by atoms with E-state index in [2.05, 4.69) is 31.1 Å². The van der Waals surface area contributed by atoms with Crippen LogP contribution in [-0.2, 0) is 16.8 Å².